The number of hydrogen-bond donors (Lipinski definition) is 2. The van der Waals surface area contributed by atoms with Gasteiger partial charge in [0.2, 0.25) is 0 Å². The SMILES string of the molecule is O=C(NC(=Cc1ccco1)C(=O)N1CCN(c2ccc(O)cc2)CC1)c1ccccc1. The molecule has 0 bridgehead atoms. The zero-order chi connectivity index (χ0) is 21.6. The Labute approximate surface area is 180 Å². The summed E-state index contributed by atoms with van der Waals surface area (Å²) in [5.74, 6) is 0.0967. The molecule has 2 aromatic carbocycles. The molecule has 1 aliphatic rings. The fourth-order valence-electron chi connectivity index (χ4n) is 3.45. The second kappa shape index (κ2) is 9.21. The fraction of sp³-hybridized carbons (Fsp3) is 0.167. The number of amides is 2. The molecule has 1 saturated heterocycles. The van der Waals surface area contributed by atoms with Gasteiger partial charge in [0.1, 0.15) is 17.2 Å². The van der Waals surface area contributed by atoms with E-state index in [0.717, 1.165) is 5.69 Å². The molecule has 2 amide bonds. The second-order valence-electron chi connectivity index (χ2n) is 7.19. The highest BCUT2D eigenvalue weighted by Gasteiger charge is 2.25. The molecular weight excluding hydrogens is 394 g/mol. The first-order valence-corrected chi connectivity index (χ1v) is 10.0. The van der Waals surface area contributed by atoms with Crippen LogP contribution in [0.15, 0.2) is 83.1 Å². The Morgan fingerprint density at radius 3 is 2.26 bits per heavy atom. The first-order chi connectivity index (χ1) is 15.1. The minimum atomic E-state index is -0.352. The molecular formula is C24H23N3O4. The summed E-state index contributed by atoms with van der Waals surface area (Å²) >= 11 is 0. The Morgan fingerprint density at radius 2 is 1.61 bits per heavy atom. The number of nitrogens with one attached hydrogen (secondary N) is 1. The van der Waals surface area contributed by atoms with Crippen molar-refractivity contribution in [1.29, 1.82) is 0 Å². The molecule has 2 N–H and O–H groups in total. The van der Waals surface area contributed by atoms with Gasteiger partial charge in [0.25, 0.3) is 11.8 Å². The van der Waals surface area contributed by atoms with Crippen molar-refractivity contribution >= 4 is 23.6 Å². The number of furan rings is 1. The largest absolute Gasteiger partial charge is 0.508 e. The zero-order valence-corrected chi connectivity index (χ0v) is 16.9. The number of nitrogens with zero attached hydrogens (tertiary/aromatic N) is 2. The molecule has 0 unspecified atom stereocenters. The summed E-state index contributed by atoms with van der Waals surface area (Å²) in [7, 11) is 0. The van der Waals surface area contributed by atoms with Crippen LogP contribution >= 0.6 is 0 Å². The maximum absolute atomic E-state index is 13.2. The van der Waals surface area contributed by atoms with Gasteiger partial charge in [0.05, 0.1) is 6.26 Å². The van der Waals surface area contributed by atoms with E-state index in [0.29, 0.717) is 37.5 Å². The molecule has 1 aromatic heterocycles. The molecule has 158 valence electrons. The first kappa shape index (κ1) is 20.3. The van der Waals surface area contributed by atoms with Crippen molar-refractivity contribution < 1.29 is 19.1 Å². The monoisotopic (exact) mass is 417 g/mol. The second-order valence-corrected chi connectivity index (χ2v) is 7.19. The lowest BCUT2D eigenvalue weighted by molar-refractivity contribution is -0.127. The third kappa shape index (κ3) is 4.95. The van der Waals surface area contributed by atoms with Gasteiger partial charge >= 0.3 is 0 Å². The average molecular weight is 417 g/mol. The standard InChI is InChI=1S/C24H23N3O4/c28-20-10-8-19(9-11-20)26-12-14-27(15-13-26)24(30)22(17-21-7-4-16-31-21)25-23(29)18-5-2-1-3-6-18/h1-11,16-17,28H,12-15H2,(H,25,29). The van der Waals surface area contributed by atoms with Crippen LogP contribution in [-0.2, 0) is 4.79 Å². The van der Waals surface area contributed by atoms with Crippen LogP contribution in [0, 0.1) is 0 Å². The number of piperazine rings is 1. The van der Waals surface area contributed by atoms with Gasteiger partial charge in [-0.15, -0.1) is 0 Å². The summed E-state index contributed by atoms with van der Waals surface area (Å²) in [6.07, 6.45) is 3.07. The van der Waals surface area contributed by atoms with Gasteiger partial charge in [-0.25, -0.2) is 0 Å². The van der Waals surface area contributed by atoms with Crippen LogP contribution in [-0.4, -0.2) is 48.0 Å². The van der Waals surface area contributed by atoms with Crippen LogP contribution in [0.25, 0.3) is 6.08 Å². The van der Waals surface area contributed by atoms with E-state index in [2.05, 4.69) is 10.2 Å². The van der Waals surface area contributed by atoms with Gasteiger partial charge in [0, 0.05) is 43.5 Å². The minimum absolute atomic E-state index is 0.168. The lowest BCUT2D eigenvalue weighted by atomic mass is 10.2. The summed E-state index contributed by atoms with van der Waals surface area (Å²) in [4.78, 5) is 29.8. The van der Waals surface area contributed by atoms with Gasteiger partial charge in [0.15, 0.2) is 0 Å². The number of rotatable bonds is 5. The molecule has 31 heavy (non-hydrogen) atoms. The molecule has 7 heteroatoms. The predicted octanol–water partition coefficient (Wildman–Crippen LogP) is 3.10. The van der Waals surface area contributed by atoms with Crippen molar-refractivity contribution in [1.82, 2.24) is 10.2 Å². The van der Waals surface area contributed by atoms with Crippen LogP contribution in [0.4, 0.5) is 5.69 Å². The molecule has 3 aromatic rings. The van der Waals surface area contributed by atoms with E-state index >= 15 is 0 Å². The molecule has 0 radical (unpaired) electrons. The Kier molecular flexibility index (Phi) is 6.03. The number of phenolic OH excluding ortho intramolecular Hbond substituents is 1. The third-order valence-corrected chi connectivity index (χ3v) is 5.13. The minimum Gasteiger partial charge on any atom is -0.508 e. The van der Waals surface area contributed by atoms with E-state index in [-0.39, 0.29) is 23.3 Å². The van der Waals surface area contributed by atoms with Crippen molar-refractivity contribution in [3.8, 4) is 5.75 Å². The molecule has 0 aliphatic carbocycles. The molecule has 2 heterocycles. The smallest absolute Gasteiger partial charge is 0.270 e. The highest BCUT2D eigenvalue weighted by molar-refractivity contribution is 6.05. The highest BCUT2D eigenvalue weighted by Crippen LogP contribution is 2.20. The summed E-state index contributed by atoms with van der Waals surface area (Å²) in [5, 5.41) is 12.2. The average Bonchev–Trinajstić information content (AvgIpc) is 3.32. The van der Waals surface area contributed by atoms with Gasteiger partial charge in [-0.2, -0.15) is 0 Å². The van der Waals surface area contributed by atoms with Crippen LogP contribution in [0.1, 0.15) is 16.1 Å². The van der Waals surface area contributed by atoms with E-state index in [1.807, 2.05) is 18.2 Å². The molecule has 7 nitrogen and oxygen atoms in total. The van der Waals surface area contributed by atoms with Crippen molar-refractivity contribution in [3.05, 3.63) is 90.0 Å². The fourth-order valence-corrected chi connectivity index (χ4v) is 3.45. The number of aromatic hydroxyl groups is 1. The number of hydrogen-bond acceptors (Lipinski definition) is 5. The van der Waals surface area contributed by atoms with Crippen molar-refractivity contribution in [2.24, 2.45) is 0 Å². The summed E-state index contributed by atoms with van der Waals surface area (Å²) in [6, 6.07) is 19.2. The van der Waals surface area contributed by atoms with E-state index in [9.17, 15) is 14.7 Å². The third-order valence-electron chi connectivity index (χ3n) is 5.13. The van der Waals surface area contributed by atoms with E-state index in [4.69, 9.17) is 4.42 Å². The number of anilines is 1. The van der Waals surface area contributed by atoms with E-state index in [1.165, 1.54) is 6.26 Å². The Hall–Kier alpha value is -4.00. The normalized spacial score (nSPS) is 14.4. The van der Waals surface area contributed by atoms with Gasteiger partial charge in [-0.3, -0.25) is 9.59 Å². The molecule has 0 saturated carbocycles. The number of benzene rings is 2. The van der Waals surface area contributed by atoms with Crippen LogP contribution < -0.4 is 10.2 Å². The summed E-state index contributed by atoms with van der Waals surface area (Å²) in [6.45, 7) is 2.32. The van der Waals surface area contributed by atoms with Crippen LogP contribution in [0.2, 0.25) is 0 Å². The Bertz CT molecular complexity index is 1050. The van der Waals surface area contributed by atoms with Gasteiger partial charge in [-0.05, 0) is 48.5 Å². The summed E-state index contributed by atoms with van der Waals surface area (Å²) in [5.41, 5.74) is 1.63. The van der Waals surface area contributed by atoms with Crippen molar-refractivity contribution in [2.45, 2.75) is 0 Å². The Morgan fingerprint density at radius 1 is 0.903 bits per heavy atom. The quantitative estimate of drug-likeness (QED) is 0.623. The molecule has 0 atom stereocenters. The highest BCUT2D eigenvalue weighted by atomic mass is 16.3. The molecule has 1 fully saturated rings. The zero-order valence-electron chi connectivity index (χ0n) is 16.9. The van der Waals surface area contributed by atoms with Gasteiger partial charge < -0.3 is 24.6 Å². The van der Waals surface area contributed by atoms with E-state index in [1.54, 1.807) is 59.5 Å². The summed E-state index contributed by atoms with van der Waals surface area (Å²) < 4.78 is 5.35. The lowest BCUT2D eigenvalue weighted by Gasteiger charge is -2.36. The van der Waals surface area contributed by atoms with Gasteiger partial charge in [-0.1, -0.05) is 18.2 Å². The molecule has 4 rings (SSSR count). The maximum atomic E-state index is 13.2. The van der Waals surface area contributed by atoms with Crippen LogP contribution in [0.3, 0.4) is 0 Å². The predicted molar refractivity (Wildman–Crippen MR) is 117 cm³/mol. The maximum Gasteiger partial charge on any atom is 0.270 e. The lowest BCUT2D eigenvalue weighted by Crippen LogP contribution is -2.50. The first-order valence-electron chi connectivity index (χ1n) is 10.0. The van der Waals surface area contributed by atoms with Crippen LogP contribution in [0.5, 0.6) is 5.75 Å². The van der Waals surface area contributed by atoms with Crippen molar-refractivity contribution in [3.63, 3.8) is 0 Å². The van der Waals surface area contributed by atoms with E-state index < -0.39 is 0 Å². The molecule has 0 spiro atoms. The number of carbonyl (C=O) groups excluding carboxylic acids is 2. The topological polar surface area (TPSA) is 86.0 Å². The number of carbonyl (C=O) groups is 2. The van der Waals surface area contributed by atoms with Crippen molar-refractivity contribution in [2.75, 3.05) is 31.1 Å². The number of phenols is 1. The Balaban J connectivity index is 1.47. The molecule has 1 aliphatic heterocycles.